The molecule has 12 heavy (non-hydrogen) atoms. The molecule has 0 aromatic heterocycles. The van der Waals surface area contributed by atoms with E-state index >= 15 is 0 Å². The van der Waals surface area contributed by atoms with Crippen molar-refractivity contribution in [3.63, 3.8) is 0 Å². The quantitative estimate of drug-likeness (QED) is 0.578. The standard InChI is InChI=1S/2C5H5.BrH.Hf.H/c2*1-2-4-5-3-1;;;/h2*1-3H,4H2;1H;;/q;;;+2;-1/p-1. The predicted octanol–water partition coefficient (Wildman–Crippen LogP) is -0.127. The second kappa shape index (κ2) is 5.13. The Morgan fingerprint density at radius 2 is 1.50 bits per heavy atom. The Morgan fingerprint density at radius 1 is 1.00 bits per heavy atom. The number of hydrogen-bond acceptors (Lipinski definition) is 0. The number of rotatable bonds is 2. The molecule has 2 aliphatic rings. The monoisotopic (exact) mass is 390 g/mol. The van der Waals surface area contributed by atoms with E-state index in [1.807, 2.05) is 0 Å². The van der Waals surface area contributed by atoms with Gasteiger partial charge in [-0.2, -0.15) is 0 Å². The van der Waals surface area contributed by atoms with Gasteiger partial charge < -0.3 is 18.4 Å². The summed E-state index contributed by atoms with van der Waals surface area (Å²) in [5, 5.41) is 0. The van der Waals surface area contributed by atoms with E-state index in [1.165, 1.54) is 12.8 Å². The summed E-state index contributed by atoms with van der Waals surface area (Å²) in [6.07, 6.45) is 16.1. The molecule has 0 nitrogen and oxygen atoms in total. The molecule has 0 bridgehead atoms. The van der Waals surface area contributed by atoms with Crippen molar-refractivity contribution in [2.45, 2.75) is 12.8 Å². The van der Waals surface area contributed by atoms with Crippen LogP contribution in [0.25, 0.3) is 0 Å². The van der Waals surface area contributed by atoms with Crippen LogP contribution < -0.4 is 17.0 Å². The summed E-state index contributed by atoms with van der Waals surface area (Å²) in [7, 11) is 0. The average Bonchev–Trinajstić information content (AvgIpc) is 2.60. The molecule has 0 unspecified atom stereocenters. The molecule has 0 heterocycles. The molecule has 0 spiro atoms. The third kappa shape index (κ3) is 2.67. The van der Waals surface area contributed by atoms with E-state index in [-0.39, 0.29) is 18.4 Å². The second-order valence-corrected chi connectivity index (χ2v) is 8.29. The molecule has 62 valence electrons. The van der Waals surface area contributed by atoms with Crippen LogP contribution in [0.1, 0.15) is 14.3 Å². The van der Waals surface area contributed by atoms with Gasteiger partial charge in [0.05, 0.1) is 0 Å². The van der Waals surface area contributed by atoms with Gasteiger partial charge in [-0.25, -0.2) is 0 Å². The third-order valence-electron chi connectivity index (χ3n) is 1.86. The van der Waals surface area contributed by atoms with Gasteiger partial charge in [0, 0.05) is 0 Å². The van der Waals surface area contributed by atoms with Gasteiger partial charge in [0.15, 0.2) is 0 Å². The van der Waals surface area contributed by atoms with Gasteiger partial charge in [-0.05, 0) is 0 Å². The number of hydrogen-bond donors (Lipinski definition) is 0. The van der Waals surface area contributed by atoms with Gasteiger partial charge >= 0.3 is 78.9 Å². The van der Waals surface area contributed by atoms with Crippen molar-refractivity contribution in [3.05, 3.63) is 43.1 Å². The minimum Gasteiger partial charge on any atom is -1.00 e. The van der Waals surface area contributed by atoms with Crippen LogP contribution in [0.4, 0.5) is 0 Å². The molecule has 0 saturated carbocycles. The van der Waals surface area contributed by atoms with Crippen LogP contribution in [-0.4, -0.2) is 0 Å². The van der Waals surface area contributed by atoms with E-state index in [0.717, 1.165) is 0 Å². The van der Waals surface area contributed by atoms with E-state index in [1.54, 1.807) is 6.66 Å². The molecule has 0 N–H and O–H groups in total. The summed E-state index contributed by atoms with van der Waals surface area (Å²) >= 11 is -0.526. The summed E-state index contributed by atoms with van der Waals surface area (Å²) in [6.45, 7) is 0. The second-order valence-electron chi connectivity index (χ2n) is 2.77. The van der Waals surface area contributed by atoms with Gasteiger partial charge in [0.1, 0.15) is 0 Å². The fraction of sp³-hybridized carbons (Fsp3) is 0.200. The summed E-state index contributed by atoms with van der Waals surface area (Å²) in [5.41, 5.74) is 0. The Bertz CT molecular complexity index is 249. The van der Waals surface area contributed by atoms with Crippen molar-refractivity contribution in [2.75, 3.05) is 0 Å². The first-order valence-electron chi connectivity index (χ1n) is 3.93. The number of allylic oxidation sites excluding steroid dienone is 8. The first-order valence-corrected chi connectivity index (χ1v) is 7.53. The maximum Gasteiger partial charge on any atom is -1.00 e. The smallest absolute Gasteiger partial charge is 1.00 e. The molecule has 0 saturated heterocycles. The Labute approximate surface area is 96.7 Å². The molecular formula is C10H11BrHf. The first-order chi connectivity index (χ1) is 5.45. The molecular weight excluding hydrogens is 379 g/mol. The zero-order valence-corrected chi connectivity index (χ0v) is 11.9. The van der Waals surface area contributed by atoms with Crippen LogP contribution in [0.2, 0.25) is 0 Å². The van der Waals surface area contributed by atoms with E-state index in [9.17, 15) is 0 Å². The van der Waals surface area contributed by atoms with Gasteiger partial charge in [-0.3, -0.25) is 0 Å². The molecule has 0 aromatic carbocycles. The van der Waals surface area contributed by atoms with Crippen molar-refractivity contribution < 1.29 is 41.3 Å². The van der Waals surface area contributed by atoms with E-state index in [2.05, 4.69) is 36.5 Å². The molecule has 2 heteroatoms. The first kappa shape index (κ1) is 10.4. The van der Waals surface area contributed by atoms with E-state index in [4.69, 9.17) is 0 Å². The molecule has 2 aliphatic carbocycles. The van der Waals surface area contributed by atoms with Gasteiger partial charge in [-0.1, -0.05) is 0 Å². The maximum atomic E-state index is 2.32. The van der Waals surface area contributed by atoms with Crippen molar-refractivity contribution in [2.24, 2.45) is 0 Å². The SMILES string of the molecule is C1=CC[C]([Hf+2][C]2=CC=CC2)=C1.[Br-].[H-]. The largest absolute Gasteiger partial charge is 1.00 e. The Hall–Kier alpha value is 0.310. The van der Waals surface area contributed by atoms with Gasteiger partial charge in [0.2, 0.25) is 0 Å². The maximum absolute atomic E-state index is 2.32. The van der Waals surface area contributed by atoms with E-state index in [0.29, 0.717) is 0 Å². The van der Waals surface area contributed by atoms with Crippen LogP contribution in [0.5, 0.6) is 0 Å². The molecule has 0 fully saturated rings. The summed E-state index contributed by atoms with van der Waals surface area (Å²) < 4.78 is 3.50. The van der Waals surface area contributed by atoms with Crippen molar-refractivity contribution in [3.8, 4) is 0 Å². The topological polar surface area (TPSA) is 0 Å². The Kier molecular flexibility index (Phi) is 4.44. The molecule has 0 radical (unpaired) electrons. The summed E-state index contributed by atoms with van der Waals surface area (Å²) in [5.74, 6) is 0. The fourth-order valence-corrected chi connectivity index (χ4v) is 5.64. The van der Waals surface area contributed by atoms with Crippen molar-refractivity contribution >= 4 is 0 Å². The minimum atomic E-state index is -0.526. The predicted molar refractivity (Wildman–Crippen MR) is 44.8 cm³/mol. The van der Waals surface area contributed by atoms with Crippen molar-refractivity contribution in [1.82, 2.24) is 0 Å². The van der Waals surface area contributed by atoms with Crippen LogP contribution in [-0.2, 0) is 22.9 Å². The van der Waals surface area contributed by atoms with E-state index < -0.39 is 22.9 Å². The van der Waals surface area contributed by atoms with Crippen LogP contribution in [0.15, 0.2) is 43.1 Å². The molecule has 0 aliphatic heterocycles. The normalized spacial score (nSPS) is 18.3. The third-order valence-corrected chi connectivity index (χ3v) is 6.84. The minimum absolute atomic E-state index is 0. The summed E-state index contributed by atoms with van der Waals surface area (Å²) in [4.78, 5) is 0. The zero-order chi connectivity index (χ0) is 7.52. The Balaban J connectivity index is 0.000000720. The molecule has 2 rings (SSSR count). The fourth-order valence-electron chi connectivity index (χ4n) is 1.29. The Morgan fingerprint density at radius 3 is 1.83 bits per heavy atom. The summed E-state index contributed by atoms with van der Waals surface area (Å²) in [6, 6.07) is 0. The van der Waals surface area contributed by atoms with Crippen LogP contribution in [0, 0.1) is 0 Å². The van der Waals surface area contributed by atoms with Crippen LogP contribution in [0.3, 0.4) is 0 Å². The number of halogens is 1. The van der Waals surface area contributed by atoms with Gasteiger partial charge in [-0.15, -0.1) is 0 Å². The van der Waals surface area contributed by atoms with Crippen molar-refractivity contribution in [1.29, 1.82) is 0 Å². The average molecular weight is 390 g/mol. The molecule has 0 atom stereocenters. The molecule has 0 amide bonds. The van der Waals surface area contributed by atoms with Gasteiger partial charge in [0.25, 0.3) is 0 Å². The molecule has 0 aromatic rings. The van der Waals surface area contributed by atoms with Crippen LogP contribution >= 0.6 is 0 Å². The zero-order valence-electron chi connectivity index (χ0n) is 7.76.